The molecule has 0 spiro atoms. The van der Waals surface area contributed by atoms with Gasteiger partial charge in [0, 0.05) is 23.5 Å². The van der Waals surface area contributed by atoms with Crippen LogP contribution in [-0.2, 0) is 0 Å². The van der Waals surface area contributed by atoms with Crippen molar-refractivity contribution in [1.29, 1.82) is 0 Å². The lowest BCUT2D eigenvalue weighted by Crippen LogP contribution is -2.18. The van der Waals surface area contributed by atoms with Gasteiger partial charge in [-0.25, -0.2) is 0 Å². The number of rotatable bonds is 9. The molecule has 2 N–H and O–H groups in total. The highest BCUT2D eigenvalue weighted by molar-refractivity contribution is 5.54. The van der Waals surface area contributed by atoms with Crippen LogP contribution in [-0.4, -0.2) is 12.1 Å². The lowest BCUT2D eigenvalue weighted by Gasteiger charge is -2.19. The Kier molecular flexibility index (Phi) is 7.63. The molecule has 0 heterocycles. The first kappa shape index (κ1) is 17.9. The Morgan fingerprint density at radius 3 is 1.57 bits per heavy atom. The topological polar surface area (TPSA) is 24.1 Å². The lowest BCUT2D eigenvalue weighted by molar-refractivity contribution is 0.528. The van der Waals surface area contributed by atoms with Gasteiger partial charge in [0.05, 0.1) is 0 Å². The van der Waals surface area contributed by atoms with Crippen molar-refractivity contribution < 1.29 is 0 Å². The summed E-state index contributed by atoms with van der Waals surface area (Å²) < 4.78 is 0. The molecule has 0 saturated heterocycles. The average molecular weight is 290 g/mol. The van der Waals surface area contributed by atoms with Gasteiger partial charge < -0.3 is 10.6 Å². The fraction of sp³-hybridized carbons (Fsp3) is 0.684. The van der Waals surface area contributed by atoms with Crippen molar-refractivity contribution in [2.24, 2.45) is 11.8 Å². The number of hydrogen-bond acceptors (Lipinski definition) is 2. The molecule has 0 aliphatic rings. The smallest absolute Gasteiger partial charge is 0.0343 e. The number of nitrogens with one attached hydrogen (secondary N) is 2. The van der Waals surface area contributed by atoms with Crippen LogP contribution >= 0.6 is 0 Å². The molecule has 2 unspecified atom stereocenters. The average Bonchev–Trinajstić information content (AvgIpc) is 2.37. The van der Waals surface area contributed by atoms with E-state index in [4.69, 9.17) is 0 Å². The van der Waals surface area contributed by atoms with Crippen molar-refractivity contribution in [2.75, 3.05) is 10.6 Å². The first-order chi connectivity index (χ1) is 9.86. The van der Waals surface area contributed by atoms with Gasteiger partial charge in [0.1, 0.15) is 0 Å². The first-order valence-corrected chi connectivity index (χ1v) is 8.50. The van der Waals surface area contributed by atoms with E-state index in [9.17, 15) is 0 Å². The number of hydrogen-bond donors (Lipinski definition) is 2. The molecule has 2 atom stereocenters. The van der Waals surface area contributed by atoms with E-state index in [-0.39, 0.29) is 0 Å². The van der Waals surface area contributed by atoms with Gasteiger partial charge >= 0.3 is 0 Å². The Morgan fingerprint density at radius 2 is 1.14 bits per heavy atom. The first-order valence-electron chi connectivity index (χ1n) is 8.50. The second kappa shape index (κ2) is 8.96. The highest BCUT2D eigenvalue weighted by atomic mass is 14.9. The Bertz CT molecular complexity index is 381. The third kappa shape index (κ3) is 7.99. The highest BCUT2D eigenvalue weighted by Crippen LogP contribution is 2.18. The molecule has 0 fully saturated rings. The number of anilines is 2. The summed E-state index contributed by atoms with van der Waals surface area (Å²) in [6.45, 7) is 13.6. The SMILES string of the molecule is CC(C)CCC(C)Nc1ccc(NC(C)CC(C)C)cc1. The van der Waals surface area contributed by atoms with E-state index in [0.29, 0.717) is 12.1 Å². The molecule has 1 aromatic carbocycles. The van der Waals surface area contributed by atoms with Gasteiger partial charge in [-0.3, -0.25) is 0 Å². The van der Waals surface area contributed by atoms with Crippen LogP contribution in [0.15, 0.2) is 24.3 Å². The molecule has 2 heteroatoms. The molecule has 0 aromatic heterocycles. The fourth-order valence-corrected chi connectivity index (χ4v) is 2.65. The van der Waals surface area contributed by atoms with Crippen LogP contribution in [0.25, 0.3) is 0 Å². The van der Waals surface area contributed by atoms with E-state index >= 15 is 0 Å². The molecule has 0 bridgehead atoms. The van der Waals surface area contributed by atoms with Crippen LogP contribution in [0, 0.1) is 11.8 Å². The second-order valence-electron chi connectivity index (χ2n) is 7.27. The van der Waals surface area contributed by atoms with Crippen LogP contribution in [0.5, 0.6) is 0 Å². The maximum Gasteiger partial charge on any atom is 0.0343 e. The van der Waals surface area contributed by atoms with Gasteiger partial charge in [-0.2, -0.15) is 0 Å². The van der Waals surface area contributed by atoms with Gasteiger partial charge in [-0.05, 0) is 69.2 Å². The number of benzene rings is 1. The Balaban J connectivity index is 2.42. The summed E-state index contributed by atoms with van der Waals surface area (Å²) in [6, 6.07) is 9.76. The van der Waals surface area contributed by atoms with Crippen LogP contribution in [0.2, 0.25) is 0 Å². The summed E-state index contributed by atoms with van der Waals surface area (Å²) in [5.74, 6) is 1.51. The maximum absolute atomic E-state index is 3.58. The molecule has 2 nitrogen and oxygen atoms in total. The van der Waals surface area contributed by atoms with Crippen molar-refractivity contribution in [2.45, 2.75) is 72.9 Å². The quantitative estimate of drug-likeness (QED) is 0.603. The lowest BCUT2D eigenvalue weighted by atomic mass is 10.0. The van der Waals surface area contributed by atoms with Crippen molar-refractivity contribution >= 4 is 11.4 Å². The largest absolute Gasteiger partial charge is 0.383 e. The van der Waals surface area contributed by atoms with E-state index in [1.54, 1.807) is 0 Å². The standard InChI is InChI=1S/C19H34N2/c1-14(2)7-8-16(5)20-18-9-11-19(12-10-18)21-17(6)13-15(3)4/h9-12,14-17,20-21H,7-8,13H2,1-6H3. The fourth-order valence-electron chi connectivity index (χ4n) is 2.65. The van der Waals surface area contributed by atoms with E-state index in [1.807, 2.05) is 0 Å². The van der Waals surface area contributed by atoms with Gasteiger partial charge in [-0.15, -0.1) is 0 Å². The van der Waals surface area contributed by atoms with Crippen LogP contribution in [0.4, 0.5) is 11.4 Å². The van der Waals surface area contributed by atoms with Crippen LogP contribution < -0.4 is 10.6 Å². The Morgan fingerprint density at radius 1 is 0.667 bits per heavy atom. The molecule has 120 valence electrons. The summed E-state index contributed by atoms with van der Waals surface area (Å²) in [5, 5.41) is 7.15. The third-order valence-corrected chi connectivity index (χ3v) is 3.71. The third-order valence-electron chi connectivity index (χ3n) is 3.71. The summed E-state index contributed by atoms with van der Waals surface area (Å²) >= 11 is 0. The monoisotopic (exact) mass is 290 g/mol. The molecule has 0 saturated carbocycles. The van der Waals surface area contributed by atoms with Crippen LogP contribution in [0.1, 0.15) is 60.8 Å². The summed E-state index contributed by atoms with van der Waals surface area (Å²) in [4.78, 5) is 0. The molecule has 0 aliphatic heterocycles. The minimum absolute atomic E-state index is 0.522. The highest BCUT2D eigenvalue weighted by Gasteiger charge is 2.06. The molecule has 0 aliphatic carbocycles. The van der Waals surface area contributed by atoms with Gasteiger partial charge in [0.25, 0.3) is 0 Å². The summed E-state index contributed by atoms with van der Waals surface area (Å²) in [7, 11) is 0. The van der Waals surface area contributed by atoms with Crippen molar-refractivity contribution in [3.8, 4) is 0 Å². The van der Waals surface area contributed by atoms with Crippen LogP contribution in [0.3, 0.4) is 0 Å². The minimum atomic E-state index is 0.522. The molecular formula is C19H34N2. The van der Waals surface area contributed by atoms with E-state index in [1.165, 1.54) is 30.6 Å². The molecule has 0 amide bonds. The zero-order valence-corrected chi connectivity index (χ0v) is 14.7. The Labute approximate surface area is 131 Å². The summed E-state index contributed by atoms with van der Waals surface area (Å²) in [5.41, 5.74) is 2.43. The molecule has 0 radical (unpaired) electrons. The summed E-state index contributed by atoms with van der Waals surface area (Å²) in [6.07, 6.45) is 3.70. The normalized spacial score (nSPS) is 14.3. The van der Waals surface area contributed by atoms with Crippen molar-refractivity contribution in [3.63, 3.8) is 0 Å². The minimum Gasteiger partial charge on any atom is -0.383 e. The molecular weight excluding hydrogens is 256 g/mol. The van der Waals surface area contributed by atoms with Crippen molar-refractivity contribution in [1.82, 2.24) is 0 Å². The molecule has 21 heavy (non-hydrogen) atoms. The second-order valence-corrected chi connectivity index (χ2v) is 7.27. The van der Waals surface area contributed by atoms with Gasteiger partial charge in [0.15, 0.2) is 0 Å². The van der Waals surface area contributed by atoms with E-state index in [2.05, 4.69) is 76.4 Å². The van der Waals surface area contributed by atoms with Crippen molar-refractivity contribution in [3.05, 3.63) is 24.3 Å². The molecule has 1 aromatic rings. The predicted molar refractivity (Wildman–Crippen MR) is 96.1 cm³/mol. The van der Waals surface area contributed by atoms with Gasteiger partial charge in [0.2, 0.25) is 0 Å². The zero-order chi connectivity index (χ0) is 15.8. The predicted octanol–water partition coefficient (Wildman–Crippen LogP) is 5.77. The van der Waals surface area contributed by atoms with E-state index < -0.39 is 0 Å². The van der Waals surface area contributed by atoms with E-state index in [0.717, 1.165) is 11.8 Å². The zero-order valence-electron chi connectivity index (χ0n) is 14.7. The van der Waals surface area contributed by atoms with Gasteiger partial charge in [-0.1, -0.05) is 27.7 Å². The molecule has 1 rings (SSSR count). The Hall–Kier alpha value is -1.18. The maximum atomic E-state index is 3.58.